The van der Waals surface area contributed by atoms with E-state index in [9.17, 15) is 0 Å². The van der Waals surface area contributed by atoms with Gasteiger partial charge in [0.2, 0.25) is 0 Å². The zero-order valence-corrected chi connectivity index (χ0v) is 9.98. The largest absolute Gasteiger partial charge is 0.363 e. The maximum Gasteiger partial charge on any atom is 0.140 e. The molecule has 1 aromatic rings. The van der Waals surface area contributed by atoms with E-state index in [0.717, 1.165) is 10.3 Å². The van der Waals surface area contributed by atoms with Gasteiger partial charge in [0, 0.05) is 17.6 Å². The lowest BCUT2D eigenvalue weighted by Crippen LogP contribution is -2.33. The molecule has 0 atom stereocenters. The molecule has 0 spiro atoms. The summed E-state index contributed by atoms with van der Waals surface area (Å²) in [5, 5.41) is 3.25. The molecule has 0 amide bonds. The van der Waals surface area contributed by atoms with Crippen molar-refractivity contribution in [3.8, 4) is 0 Å². The molecule has 0 saturated carbocycles. The van der Waals surface area contributed by atoms with Crippen LogP contribution in [0.1, 0.15) is 13.8 Å². The third-order valence-electron chi connectivity index (χ3n) is 1.55. The van der Waals surface area contributed by atoms with Crippen molar-refractivity contribution in [1.29, 1.82) is 0 Å². The van der Waals surface area contributed by atoms with Gasteiger partial charge < -0.3 is 5.32 Å². The van der Waals surface area contributed by atoms with Crippen LogP contribution in [0.4, 0.5) is 5.82 Å². The van der Waals surface area contributed by atoms with E-state index in [4.69, 9.17) is 11.6 Å². The highest BCUT2D eigenvalue weighted by Gasteiger charge is 2.17. The highest BCUT2D eigenvalue weighted by Crippen LogP contribution is 2.22. The summed E-state index contributed by atoms with van der Waals surface area (Å²) in [5.74, 6) is 1.36. The number of nitrogens with one attached hydrogen (secondary N) is 1. The average Bonchev–Trinajstić information content (AvgIpc) is 2.09. The number of anilines is 1. The highest BCUT2D eigenvalue weighted by atomic mass is 79.9. The van der Waals surface area contributed by atoms with Crippen LogP contribution in [0.2, 0.25) is 0 Å². The maximum atomic E-state index is 5.79. The lowest BCUT2D eigenvalue weighted by atomic mass is 10.1. The fourth-order valence-corrected chi connectivity index (χ4v) is 1.25. The first-order valence-corrected chi connectivity index (χ1v) is 5.32. The quantitative estimate of drug-likeness (QED) is 0.847. The van der Waals surface area contributed by atoms with E-state index in [2.05, 4.69) is 26.2 Å². The van der Waals surface area contributed by atoms with Crippen molar-refractivity contribution < 1.29 is 0 Å². The van der Waals surface area contributed by atoms with Crippen LogP contribution in [0.5, 0.6) is 0 Å². The van der Waals surface area contributed by atoms with Gasteiger partial charge in [0.1, 0.15) is 5.82 Å². The Balaban J connectivity index is 2.80. The van der Waals surface area contributed by atoms with E-state index in [1.807, 2.05) is 26.0 Å². The van der Waals surface area contributed by atoms with Crippen LogP contribution >= 0.6 is 27.5 Å². The first kappa shape index (κ1) is 10.8. The third-order valence-corrected chi connectivity index (χ3v) is 2.86. The van der Waals surface area contributed by atoms with Gasteiger partial charge in [0.05, 0.1) is 4.47 Å². The zero-order chi connectivity index (χ0) is 9.90. The fraction of sp³-hybridized carbons (Fsp3) is 0.444. The molecular formula is C9H12BrClN2. The molecule has 0 radical (unpaired) electrons. The molecule has 0 aliphatic rings. The normalized spacial score (nSPS) is 11.4. The summed E-state index contributed by atoms with van der Waals surface area (Å²) in [6.45, 7) is 4.06. The second-order valence-electron chi connectivity index (χ2n) is 3.48. The first-order valence-electron chi connectivity index (χ1n) is 4.00. The summed E-state index contributed by atoms with van der Waals surface area (Å²) in [6.07, 6.45) is 1.75. The smallest absolute Gasteiger partial charge is 0.140 e. The van der Waals surface area contributed by atoms with Crippen molar-refractivity contribution in [3.05, 3.63) is 22.8 Å². The van der Waals surface area contributed by atoms with Gasteiger partial charge in [-0.2, -0.15) is 0 Å². The molecule has 0 fully saturated rings. The Morgan fingerprint density at radius 2 is 2.31 bits per heavy atom. The highest BCUT2D eigenvalue weighted by molar-refractivity contribution is 9.10. The van der Waals surface area contributed by atoms with Crippen molar-refractivity contribution in [2.45, 2.75) is 19.4 Å². The van der Waals surface area contributed by atoms with Gasteiger partial charge in [0.15, 0.2) is 0 Å². The van der Waals surface area contributed by atoms with E-state index < -0.39 is 0 Å². The van der Waals surface area contributed by atoms with Crippen LogP contribution in [0, 0.1) is 0 Å². The molecule has 1 aromatic heterocycles. The molecule has 72 valence electrons. The number of hydrogen-bond donors (Lipinski definition) is 1. The average molecular weight is 264 g/mol. The topological polar surface area (TPSA) is 24.9 Å². The van der Waals surface area contributed by atoms with Gasteiger partial charge in [-0.3, -0.25) is 0 Å². The number of alkyl halides is 1. The summed E-state index contributed by atoms with van der Waals surface area (Å²) in [7, 11) is 0. The Morgan fingerprint density at radius 1 is 1.62 bits per heavy atom. The molecule has 0 unspecified atom stereocenters. The van der Waals surface area contributed by atoms with Crippen molar-refractivity contribution in [2.75, 3.05) is 11.2 Å². The fourth-order valence-electron chi connectivity index (χ4n) is 0.832. The summed E-state index contributed by atoms with van der Waals surface area (Å²) >= 11 is 9.20. The number of pyridine rings is 1. The number of halogens is 2. The van der Waals surface area contributed by atoms with Gasteiger partial charge in [0.25, 0.3) is 0 Å². The Morgan fingerprint density at radius 3 is 2.85 bits per heavy atom. The van der Waals surface area contributed by atoms with Crippen LogP contribution < -0.4 is 5.32 Å². The van der Waals surface area contributed by atoms with Gasteiger partial charge in [-0.15, -0.1) is 11.6 Å². The molecule has 0 aliphatic heterocycles. The van der Waals surface area contributed by atoms with E-state index in [1.54, 1.807) is 6.20 Å². The van der Waals surface area contributed by atoms with Crippen molar-refractivity contribution in [3.63, 3.8) is 0 Å². The summed E-state index contributed by atoms with van der Waals surface area (Å²) in [5.41, 5.74) is -0.140. The monoisotopic (exact) mass is 262 g/mol. The van der Waals surface area contributed by atoms with Gasteiger partial charge in [-0.1, -0.05) is 0 Å². The SMILES string of the molecule is CC(C)(CCl)Nc1ncccc1Br. The lowest BCUT2D eigenvalue weighted by Gasteiger charge is -2.24. The summed E-state index contributed by atoms with van der Waals surface area (Å²) in [6, 6.07) is 3.82. The van der Waals surface area contributed by atoms with Crippen LogP contribution in [0.15, 0.2) is 22.8 Å². The molecule has 1 heterocycles. The van der Waals surface area contributed by atoms with Gasteiger partial charge in [-0.25, -0.2) is 4.98 Å². The van der Waals surface area contributed by atoms with E-state index >= 15 is 0 Å². The second-order valence-corrected chi connectivity index (χ2v) is 4.60. The first-order chi connectivity index (χ1) is 6.05. The minimum Gasteiger partial charge on any atom is -0.363 e. The molecule has 0 saturated heterocycles. The van der Waals surface area contributed by atoms with Crippen LogP contribution in [0.3, 0.4) is 0 Å². The Bertz CT molecular complexity index is 289. The third kappa shape index (κ3) is 3.16. The van der Waals surface area contributed by atoms with E-state index in [1.165, 1.54) is 0 Å². The maximum absolute atomic E-state index is 5.79. The van der Waals surface area contributed by atoms with Crippen LogP contribution in [-0.2, 0) is 0 Å². The number of nitrogens with zero attached hydrogens (tertiary/aromatic N) is 1. The molecule has 1 rings (SSSR count). The number of rotatable bonds is 3. The molecule has 4 heteroatoms. The number of aromatic nitrogens is 1. The van der Waals surface area contributed by atoms with Gasteiger partial charge in [-0.05, 0) is 41.9 Å². The molecular weight excluding hydrogens is 251 g/mol. The predicted molar refractivity (Wildman–Crippen MR) is 60.4 cm³/mol. The molecule has 0 bridgehead atoms. The van der Waals surface area contributed by atoms with Crippen molar-refractivity contribution in [1.82, 2.24) is 4.98 Å². The number of hydrogen-bond acceptors (Lipinski definition) is 2. The Labute approximate surface area is 91.8 Å². The minimum atomic E-state index is -0.140. The molecule has 1 N–H and O–H groups in total. The van der Waals surface area contributed by atoms with Crippen LogP contribution in [0.25, 0.3) is 0 Å². The summed E-state index contributed by atoms with van der Waals surface area (Å²) < 4.78 is 0.952. The van der Waals surface area contributed by atoms with Crippen LogP contribution in [-0.4, -0.2) is 16.4 Å². The summed E-state index contributed by atoms with van der Waals surface area (Å²) in [4.78, 5) is 4.19. The second kappa shape index (κ2) is 4.29. The van der Waals surface area contributed by atoms with Gasteiger partial charge >= 0.3 is 0 Å². The van der Waals surface area contributed by atoms with E-state index in [-0.39, 0.29) is 5.54 Å². The van der Waals surface area contributed by atoms with Crippen molar-refractivity contribution in [2.24, 2.45) is 0 Å². The Hall–Kier alpha value is -0.280. The molecule has 2 nitrogen and oxygen atoms in total. The standard InChI is InChI=1S/C9H12BrClN2/c1-9(2,6-11)13-8-7(10)4-3-5-12-8/h3-5H,6H2,1-2H3,(H,12,13). The lowest BCUT2D eigenvalue weighted by molar-refractivity contribution is 0.637. The van der Waals surface area contributed by atoms with E-state index in [0.29, 0.717) is 5.88 Å². The molecule has 13 heavy (non-hydrogen) atoms. The molecule has 0 aromatic carbocycles. The molecule has 0 aliphatic carbocycles. The zero-order valence-electron chi connectivity index (χ0n) is 7.64. The Kier molecular flexibility index (Phi) is 3.56. The van der Waals surface area contributed by atoms with Crippen molar-refractivity contribution >= 4 is 33.3 Å². The minimum absolute atomic E-state index is 0.140. The predicted octanol–water partition coefficient (Wildman–Crippen LogP) is 3.27.